The van der Waals surface area contributed by atoms with Gasteiger partial charge >= 0.3 is 0 Å². The second-order valence-electron chi connectivity index (χ2n) is 4.74. The Balaban J connectivity index is 1.99. The van der Waals surface area contributed by atoms with Gasteiger partial charge in [0.15, 0.2) is 5.76 Å². The Labute approximate surface area is 116 Å². The van der Waals surface area contributed by atoms with Gasteiger partial charge in [0.2, 0.25) is 10.0 Å². The van der Waals surface area contributed by atoms with Gasteiger partial charge in [-0.15, -0.1) is 0 Å². The normalized spacial score (nSPS) is 16.1. The number of rotatable bonds is 2. The van der Waals surface area contributed by atoms with Crippen molar-refractivity contribution in [2.45, 2.75) is 31.7 Å². The molecule has 20 heavy (non-hydrogen) atoms. The highest BCUT2D eigenvalue weighted by Gasteiger charge is 2.33. The molecule has 0 atom stereocenters. The van der Waals surface area contributed by atoms with Gasteiger partial charge in [0.05, 0.1) is 0 Å². The zero-order valence-corrected chi connectivity index (χ0v) is 12.0. The molecule has 0 saturated heterocycles. The second-order valence-corrected chi connectivity index (χ2v) is 6.61. The minimum atomic E-state index is -3.60. The van der Waals surface area contributed by atoms with E-state index in [1.54, 1.807) is 20.0 Å². The summed E-state index contributed by atoms with van der Waals surface area (Å²) in [5, 5.41) is 3.72. The SMILES string of the molecule is Cc1noc(C)c1S(=O)(=O)N1CCc2ncncc2C1. The molecule has 0 amide bonds. The van der Waals surface area contributed by atoms with E-state index in [0.717, 1.165) is 11.3 Å². The van der Waals surface area contributed by atoms with Crippen LogP contribution in [0.1, 0.15) is 22.7 Å². The highest BCUT2D eigenvalue weighted by atomic mass is 32.2. The molecule has 1 aliphatic heterocycles. The van der Waals surface area contributed by atoms with Crippen molar-refractivity contribution in [3.05, 3.63) is 35.2 Å². The Hall–Kier alpha value is -1.80. The first-order valence-corrected chi connectivity index (χ1v) is 7.65. The van der Waals surface area contributed by atoms with Crippen LogP contribution in [-0.2, 0) is 23.0 Å². The molecule has 8 heteroatoms. The largest absolute Gasteiger partial charge is 0.360 e. The van der Waals surface area contributed by atoms with Crippen LogP contribution in [0.2, 0.25) is 0 Å². The van der Waals surface area contributed by atoms with Gasteiger partial charge < -0.3 is 4.52 Å². The standard InChI is InChI=1S/C12H14N4O3S/c1-8-12(9(2)19-15-8)20(17,18)16-4-3-11-10(6-16)5-13-7-14-11/h5,7H,3-4,6H2,1-2H3. The van der Waals surface area contributed by atoms with E-state index in [4.69, 9.17) is 4.52 Å². The summed E-state index contributed by atoms with van der Waals surface area (Å²) in [4.78, 5) is 8.28. The van der Waals surface area contributed by atoms with Gasteiger partial charge in [-0.3, -0.25) is 0 Å². The summed E-state index contributed by atoms with van der Waals surface area (Å²) in [5.41, 5.74) is 2.14. The molecular formula is C12H14N4O3S. The van der Waals surface area contributed by atoms with Crippen LogP contribution in [0.15, 0.2) is 21.9 Å². The van der Waals surface area contributed by atoms with Gasteiger partial charge in [-0.05, 0) is 13.8 Å². The van der Waals surface area contributed by atoms with E-state index in [-0.39, 0.29) is 11.4 Å². The van der Waals surface area contributed by atoms with E-state index in [9.17, 15) is 8.42 Å². The average Bonchev–Trinajstić information content (AvgIpc) is 2.78. The van der Waals surface area contributed by atoms with Crippen LogP contribution in [0.3, 0.4) is 0 Å². The van der Waals surface area contributed by atoms with Crippen molar-refractivity contribution in [2.75, 3.05) is 6.54 Å². The number of fused-ring (bicyclic) bond motifs is 1. The van der Waals surface area contributed by atoms with Crippen LogP contribution in [0.25, 0.3) is 0 Å². The molecular weight excluding hydrogens is 280 g/mol. The zero-order chi connectivity index (χ0) is 14.3. The Bertz CT molecular complexity index is 734. The maximum atomic E-state index is 12.7. The Morgan fingerprint density at radius 1 is 1.35 bits per heavy atom. The first-order valence-electron chi connectivity index (χ1n) is 6.21. The molecule has 0 unspecified atom stereocenters. The molecule has 0 aromatic carbocycles. The molecule has 0 saturated carbocycles. The molecule has 0 fully saturated rings. The molecule has 0 radical (unpaired) electrons. The van der Waals surface area contributed by atoms with E-state index < -0.39 is 10.0 Å². The molecule has 3 rings (SSSR count). The minimum absolute atomic E-state index is 0.165. The smallest absolute Gasteiger partial charge is 0.248 e. The number of nitrogens with zero attached hydrogens (tertiary/aromatic N) is 4. The number of sulfonamides is 1. The molecule has 2 aromatic rings. The molecule has 0 bridgehead atoms. The van der Waals surface area contributed by atoms with Gasteiger partial charge in [0, 0.05) is 37.0 Å². The van der Waals surface area contributed by atoms with Crippen molar-refractivity contribution in [2.24, 2.45) is 0 Å². The van der Waals surface area contributed by atoms with Gasteiger partial charge in [0.1, 0.15) is 16.9 Å². The summed E-state index contributed by atoms with van der Waals surface area (Å²) in [5.74, 6) is 0.317. The monoisotopic (exact) mass is 294 g/mol. The number of hydrogen-bond acceptors (Lipinski definition) is 6. The van der Waals surface area contributed by atoms with Crippen LogP contribution >= 0.6 is 0 Å². The predicted octanol–water partition coefficient (Wildman–Crippen LogP) is 0.828. The Kier molecular flexibility index (Phi) is 3.06. The Morgan fingerprint density at radius 2 is 2.15 bits per heavy atom. The molecule has 106 valence electrons. The highest BCUT2D eigenvalue weighted by molar-refractivity contribution is 7.89. The van der Waals surface area contributed by atoms with Crippen LogP contribution in [0.4, 0.5) is 0 Å². The lowest BCUT2D eigenvalue weighted by Crippen LogP contribution is -2.36. The van der Waals surface area contributed by atoms with Crippen molar-refractivity contribution in [3.63, 3.8) is 0 Å². The predicted molar refractivity (Wildman–Crippen MR) is 69.3 cm³/mol. The van der Waals surface area contributed by atoms with Gasteiger partial charge in [-0.2, -0.15) is 4.31 Å². The highest BCUT2D eigenvalue weighted by Crippen LogP contribution is 2.27. The van der Waals surface area contributed by atoms with Crippen molar-refractivity contribution in [1.29, 1.82) is 0 Å². The molecule has 7 nitrogen and oxygen atoms in total. The average molecular weight is 294 g/mol. The van der Waals surface area contributed by atoms with Gasteiger partial charge in [-0.25, -0.2) is 18.4 Å². The molecule has 0 spiro atoms. The molecule has 3 heterocycles. The van der Waals surface area contributed by atoms with Crippen LogP contribution in [0.5, 0.6) is 0 Å². The lowest BCUT2D eigenvalue weighted by molar-refractivity contribution is 0.379. The fourth-order valence-corrected chi connectivity index (χ4v) is 4.13. The first-order chi connectivity index (χ1) is 9.50. The van der Waals surface area contributed by atoms with Crippen molar-refractivity contribution >= 4 is 10.0 Å². The number of hydrogen-bond donors (Lipinski definition) is 0. The van der Waals surface area contributed by atoms with Crippen molar-refractivity contribution < 1.29 is 12.9 Å². The molecule has 0 N–H and O–H groups in total. The van der Waals surface area contributed by atoms with E-state index in [2.05, 4.69) is 15.1 Å². The third-order valence-corrected chi connectivity index (χ3v) is 5.48. The minimum Gasteiger partial charge on any atom is -0.360 e. The quantitative estimate of drug-likeness (QED) is 0.815. The zero-order valence-electron chi connectivity index (χ0n) is 11.2. The summed E-state index contributed by atoms with van der Waals surface area (Å²) in [6, 6.07) is 0. The molecule has 0 aliphatic carbocycles. The maximum absolute atomic E-state index is 12.7. The van der Waals surface area contributed by atoms with Gasteiger partial charge in [-0.1, -0.05) is 5.16 Å². The fraction of sp³-hybridized carbons (Fsp3) is 0.417. The van der Waals surface area contributed by atoms with E-state index >= 15 is 0 Å². The summed E-state index contributed by atoms with van der Waals surface area (Å²) in [6.45, 7) is 3.91. The van der Waals surface area contributed by atoms with Crippen LogP contribution in [-0.4, -0.2) is 34.4 Å². The van der Waals surface area contributed by atoms with Crippen LogP contribution in [0, 0.1) is 13.8 Å². The summed E-state index contributed by atoms with van der Waals surface area (Å²) >= 11 is 0. The third kappa shape index (κ3) is 2.01. The summed E-state index contributed by atoms with van der Waals surface area (Å²) < 4.78 is 31.8. The topological polar surface area (TPSA) is 89.2 Å². The third-order valence-electron chi connectivity index (χ3n) is 3.39. The number of aryl methyl sites for hydroxylation is 2. The lowest BCUT2D eigenvalue weighted by atomic mass is 10.1. The fourth-order valence-electron chi connectivity index (χ4n) is 2.42. The molecule has 1 aliphatic rings. The van der Waals surface area contributed by atoms with Crippen molar-refractivity contribution in [3.8, 4) is 0 Å². The van der Waals surface area contributed by atoms with E-state index in [1.807, 2.05) is 0 Å². The summed E-state index contributed by atoms with van der Waals surface area (Å²) in [6.07, 6.45) is 3.73. The first kappa shape index (κ1) is 13.2. The lowest BCUT2D eigenvalue weighted by Gasteiger charge is -2.26. The van der Waals surface area contributed by atoms with Gasteiger partial charge in [0.25, 0.3) is 0 Å². The Morgan fingerprint density at radius 3 is 2.85 bits per heavy atom. The van der Waals surface area contributed by atoms with E-state index in [1.165, 1.54) is 10.6 Å². The van der Waals surface area contributed by atoms with Crippen LogP contribution < -0.4 is 0 Å². The summed E-state index contributed by atoms with van der Waals surface area (Å²) in [7, 11) is -3.60. The molecule has 2 aromatic heterocycles. The maximum Gasteiger partial charge on any atom is 0.248 e. The van der Waals surface area contributed by atoms with E-state index in [0.29, 0.717) is 24.4 Å². The second kappa shape index (κ2) is 4.64. The van der Waals surface area contributed by atoms with Crippen molar-refractivity contribution in [1.82, 2.24) is 19.4 Å². The number of aromatic nitrogens is 3.